The standard InChI is InChI=1S/C16H15N3O4S/c1-11(16(20)21)15(13-5-3-2-4-6-13)19-24(22,23)14-7-12(8-17)9-18-10-14/h2-7,9-11,15,19H,1H3,(H,20,21). The molecule has 7 nitrogen and oxygen atoms in total. The topological polar surface area (TPSA) is 120 Å². The summed E-state index contributed by atoms with van der Waals surface area (Å²) in [7, 11) is -4.05. The average Bonchev–Trinajstić information content (AvgIpc) is 2.60. The minimum atomic E-state index is -4.05. The molecule has 0 radical (unpaired) electrons. The van der Waals surface area contributed by atoms with Gasteiger partial charge in [0.15, 0.2) is 0 Å². The lowest BCUT2D eigenvalue weighted by atomic mass is 9.96. The van der Waals surface area contributed by atoms with Crippen LogP contribution in [-0.2, 0) is 14.8 Å². The van der Waals surface area contributed by atoms with E-state index in [2.05, 4.69) is 9.71 Å². The van der Waals surface area contributed by atoms with Crippen LogP contribution >= 0.6 is 0 Å². The molecule has 0 bridgehead atoms. The molecule has 0 aliphatic rings. The van der Waals surface area contributed by atoms with E-state index < -0.39 is 28.0 Å². The molecule has 0 saturated carbocycles. The largest absolute Gasteiger partial charge is 0.481 e. The van der Waals surface area contributed by atoms with Gasteiger partial charge in [-0.1, -0.05) is 37.3 Å². The zero-order valence-electron chi connectivity index (χ0n) is 12.7. The van der Waals surface area contributed by atoms with Crippen LogP contribution in [0.5, 0.6) is 0 Å². The number of nitrogens with zero attached hydrogens (tertiary/aromatic N) is 2. The molecule has 1 aromatic carbocycles. The van der Waals surface area contributed by atoms with Gasteiger partial charge in [-0.25, -0.2) is 13.1 Å². The van der Waals surface area contributed by atoms with Crippen molar-refractivity contribution in [1.29, 1.82) is 5.26 Å². The summed E-state index contributed by atoms with van der Waals surface area (Å²) < 4.78 is 27.5. The highest BCUT2D eigenvalue weighted by molar-refractivity contribution is 7.89. The number of hydrogen-bond acceptors (Lipinski definition) is 5. The molecule has 1 aromatic heterocycles. The lowest BCUT2D eigenvalue weighted by molar-refractivity contribution is -0.142. The van der Waals surface area contributed by atoms with Crippen molar-refractivity contribution in [3.05, 3.63) is 59.9 Å². The minimum absolute atomic E-state index is 0.0976. The molecule has 124 valence electrons. The van der Waals surface area contributed by atoms with Gasteiger partial charge in [-0.05, 0) is 11.6 Å². The van der Waals surface area contributed by atoms with Gasteiger partial charge in [-0.3, -0.25) is 9.78 Å². The van der Waals surface area contributed by atoms with E-state index in [1.54, 1.807) is 30.3 Å². The normalized spacial score (nSPS) is 13.7. The molecule has 0 fully saturated rings. The van der Waals surface area contributed by atoms with Crippen LogP contribution in [0.25, 0.3) is 0 Å². The predicted molar refractivity (Wildman–Crippen MR) is 85.3 cm³/mol. The zero-order chi connectivity index (χ0) is 17.7. The quantitative estimate of drug-likeness (QED) is 0.822. The van der Waals surface area contributed by atoms with E-state index in [0.29, 0.717) is 5.56 Å². The van der Waals surface area contributed by atoms with E-state index in [-0.39, 0.29) is 10.5 Å². The van der Waals surface area contributed by atoms with Crippen LogP contribution in [0.15, 0.2) is 53.7 Å². The molecule has 2 aromatic rings. The van der Waals surface area contributed by atoms with E-state index in [1.807, 2.05) is 6.07 Å². The molecule has 24 heavy (non-hydrogen) atoms. The molecular formula is C16H15N3O4S. The molecule has 2 N–H and O–H groups in total. The second-order valence-electron chi connectivity index (χ2n) is 5.16. The van der Waals surface area contributed by atoms with Crippen molar-refractivity contribution < 1.29 is 18.3 Å². The first-order valence-electron chi connectivity index (χ1n) is 7.00. The van der Waals surface area contributed by atoms with Crippen molar-refractivity contribution in [1.82, 2.24) is 9.71 Å². The first-order valence-corrected chi connectivity index (χ1v) is 8.48. The summed E-state index contributed by atoms with van der Waals surface area (Å²) in [5.74, 6) is -2.12. The molecule has 1 heterocycles. The summed E-state index contributed by atoms with van der Waals surface area (Å²) in [4.78, 5) is 14.9. The fourth-order valence-electron chi connectivity index (χ4n) is 2.12. The van der Waals surface area contributed by atoms with Gasteiger partial charge in [0, 0.05) is 12.4 Å². The Labute approximate surface area is 139 Å². The van der Waals surface area contributed by atoms with Gasteiger partial charge >= 0.3 is 5.97 Å². The summed E-state index contributed by atoms with van der Waals surface area (Å²) in [6, 6.07) is 10.5. The monoisotopic (exact) mass is 345 g/mol. The maximum atomic E-state index is 12.6. The summed E-state index contributed by atoms with van der Waals surface area (Å²) in [5.41, 5.74) is 0.626. The summed E-state index contributed by atoms with van der Waals surface area (Å²) in [5, 5.41) is 18.1. The van der Waals surface area contributed by atoms with Crippen molar-refractivity contribution in [3.63, 3.8) is 0 Å². The van der Waals surface area contributed by atoms with Crippen LogP contribution in [0.4, 0.5) is 0 Å². The van der Waals surface area contributed by atoms with E-state index in [1.165, 1.54) is 19.2 Å². The Bertz CT molecular complexity index is 876. The van der Waals surface area contributed by atoms with Gasteiger partial charge in [-0.2, -0.15) is 5.26 Å². The second kappa shape index (κ2) is 7.21. The number of pyridine rings is 1. The molecule has 2 rings (SSSR count). The van der Waals surface area contributed by atoms with Crippen molar-refractivity contribution in [3.8, 4) is 6.07 Å². The molecule has 2 atom stereocenters. The first-order chi connectivity index (χ1) is 11.3. The van der Waals surface area contributed by atoms with Gasteiger partial charge < -0.3 is 5.11 Å². The average molecular weight is 345 g/mol. The Morgan fingerprint density at radius 3 is 2.54 bits per heavy atom. The highest BCUT2D eigenvalue weighted by Crippen LogP contribution is 2.25. The second-order valence-corrected chi connectivity index (χ2v) is 6.87. The third-order valence-electron chi connectivity index (χ3n) is 3.48. The highest BCUT2D eigenvalue weighted by atomic mass is 32.2. The van der Waals surface area contributed by atoms with Crippen LogP contribution < -0.4 is 4.72 Å². The van der Waals surface area contributed by atoms with Crippen LogP contribution in [0, 0.1) is 17.2 Å². The van der Waals surface area contributed by atoms with Crippen LogP contribution in [0.2, 0.25) is 0 Å². The Morgan fingerprint density at radius 1 is 1.29 bits per heavy atom. The van der Waals surface area contributed by atoms with Crippen LogP contribution in [-0.4, -0.2) is 24.5 Å². The maximum absolute atomic E-state index is 12.6. The number of aliphatic carboxylic acids is 1. The SMILES string of the molecule is CC(C(=O)O)C(NS(=O)(=O)c1cncc(C#N)c1)c1ccccc1. The van der Waals surface area contributed by atoms with Crippen molar-refractivity contribution in [2.75, 3.05) is 0 Å². The molecule has 0 aliphatic heterocycles. The molecule has 0 amide bonds. The zero-order valence-corrected chi connectivity index (χ0v) is 13.6. The lowest BCUT2D eigenvalue weighted by Gasteiger charge is -2.22. The number of hydrogen-bond donors (Lipinski definition) is 2. The number of rotatable bonds is 6. The highest BCUT2D eigenvalue weighted by Gasteiger charge is 2.30. The molecule has 2 unspecified atom stereocenters. The number of carbonyl (C=O) groups is 1. The third-order valence-corrected chi connectivity index (χ3v) is 4.89. The minimum Gasteiger partial charge on any atom is -0.481 e. The molecule has 0 aliphatic carbocycles. The van der Waals surface area contributed by atoms with Gasteiger partial charge in [0.1, 0.15) is 11.0 Å². The van der Waals surface area contributed by atoms with Gasteiger partial charge in [0.2, 0.25) is 10.0 Å². The fraction of sp³-hybridized carbons (Fsp3) is 0.188. The van der Waals surface area contributed by atoms with E-state index in [9.17, 15) is 18.3 Å². The molecule has 0 saturated heterocycles. The Hall–Kier alpha value is -2.76. The molecule has 8 heteroatoms. The number of aromatic nitrogens is 1. The lowest BCUT2D eigenvalue weighted by Crippen LogP contribution is -2.35. The van der Waals surface area contributed by atoms with Gasteiger partial charge in [-0.15, -0.1) is 0 Å². The molecule has 0 spiro atoms. The number of carboxylic acid groups (broad SMARTS) is 1. The number of sulfonamides is 1. The number of benzene rings is 1. The summed E-state index contributed by atoms with van der Waals surface area (Å²) in [6.45, 7) is 1.42. The summed E-state index contributed by atoms with van der Waals surface area (Å²) in [6.07, 6.45) is 2.35. The van der Waals surface area contributed by atoms with Crippen LogP contribution in [0.1, 0.15) is 24.1 Å². The van der Waals surface area contributed by atoms with Crippen molar-refractivity contribution in [2.45, 2.75) is 17.9 Å². The number of nitriles is 1. The molecular weight excluding hydrogens is 330 g/mol. The Kier molecular flexibility index (Phi) is 5.28. The maximum Gasteiger partial charge on any atom is 0.308 e. The fourth-order valence-corrected chi connectivity index (χ4v) is 3.42. The Morgan fingerprint density at radius 2 is 1.96 bits per heavy atom. The van der Waals surface area contributed by atoms with E-state index in [4.69, 9.17) is 5.26 Å². The predicted octanol–water partition coefficient (Wildman–Crippen LogP) is 1.69. The number of carboxylic acids is 1. The van der Waals surface area contributed by atoms with Gasteiger partial charge in [0.05, 0.1) is 17.5 Å². The smallest absolute Gasteiger partial charge is 0.308 e. The number of nitrogens with one attached hydrogen (secondary N) is 1. The Balaban J connectivity index is 2.41. The van der Waals surface area contributed by atoms with Crippen molar-refractivity contribution in [2.24, 2.45) is 5.92 Å². The van der Waals surface area contributed by atoms with Gasteiger partial charge in [0.25, 0.3) is 0 Å². The van der Waals surface area contributed by atoms with Crippen molar-refractivity contribution >= 4 is 16.0 Å². The third kappa shape index (κ3) is 3.95. The van der Waals surface area contributed by atoms with E-state index in [0.717, 1.165) is 6.20 Å². The van der Waals surface area contributed by atoms with E-state index >= 15 is 0 Å². The summed E-state index contributed by atoms with van der Waals surface area (Å²) >= 11 is 0. The first kappa shape index (κ1) is 17.6. The van der Waals surface area contributed by atoms with Crippen LogP contribution in [0.3, 0.4) is 0 Å².